The highest BCUT2D eigenvalue weighted by molar-refractivity contribution is 6.32. The number of carbonyl (C=O) groups is 1. The van der Waals surface area contributed by atoms with Crippen LogP contribution < -0.4 is 15.8 Å². The Bertz CT molecular complexity index is 1050. The molecule has 2 aromatic rings. The third kappa shape index (κ3) is 4.17. The molecule has 4 rings (SSSR count). The smallest absolute Gasteiger partial charge is 0.355 e. The Morgan fingerprint density at radius 1 is 1.23 bits per heavy atom. The summed E-state index contributed by atoms with van der Waals surface area (Å²) in [5.74, 6) is 0.318. The molecule has 2 heterocycles. The average Bonchev–Trinajstić information content (AvgIpc) is 3.27. The molecule has 1 saturated heterocycles. The van der Waals surface area contributed by atoms with Crippen LogP contribution in [-0.2, 0) is 4.74 Å². The summed E-state index contributed by atoms with van der Waals surface area (Å²) in [7, 11) is 3.27. The maximum absolute atomic E-state index is 12.4. The number of ether oxygens (including phenoxy) is 2. The number of methoxy groups -OCH3 is 1. The van der Waals surface area contributed by atoms with Crippen LogP contribution in [0.2, 0.25) is 5.02 Å². The number of hydrazine groups is 3. The van der Waals surface area contributed by atoms with E-state index in [9.17, 15) is 4.79 Å². The molecular formula is C21H25ClN6O3. The molecule has 1 aliphatic heterocycles. The van der Waals surface area contributed by atoms with Crippen LogP contribution in [0, 0.1) is 19.8 Å². The van der Waals surface area contributed by atoms with Crippen molar-refractivity contribution in [3.05, 3.63) is 64.6 Å². The number of urea groups is 1. The highest BCUT2D eigenvalue weighted by Gasteiger charge is 2.36. The molecule has 2 unspecified atom stereocenters. The fourth-order valence-electron chi connectivity index (χ4n) is 3.71. The molecule has 10 heteroatoms. The zero-order chi connectivity index (χ0) is 22.1. The predicted molar refractivity (Wildman–Crippen MR) is 116 cm³/mol. The van der Waals surface area contributed by atoms with E-state index >= 15 is 0 Å². The number of allylic oxidation sites excluding steroid dienone is 2. The van der Waals surface area contributed by atoms with E-state index in [-0.39, 0.29) is 24.7 Å². The number of carbonyl (C=O) groups excluding carboxylic acids is 1. The molecule has 9 nitrogen and oxygen atoms in total. The van der Waals surface area contributed by atoms with Crippen molar-refractivity contribution >= 4 is 17.6 Å². The van der Waals surface area contributed by atoms with E-state index in [1.165, 1.54) is 10.0 Å². The molecule has 2 aliphatic rings. The van der Waals surface area contributed by atoms with Gasteiger partial charge in [0.1, 0.15) is 5.75 Å². The maximum Gasteiger partial charge on any atom is 0.355 e. The number of halogens is 1. The topological polar surface area (TPSA) is 83.9 Å². The Labute approximate surface area is 185 Å². The first-order valence-corrected chi connectivity index (χ1v) is 10.2. The Morgan fingerprint density at radius 3 is 2.65 bits per heavy atom. The predicted octanol–water partition coefficient (Wildman–Crippen LogP) is 2.90. The Hall–Kier alpha value is -2.85. The van der Waals surface area contributed by atoms with E-state index in [0.717, 1.165) is 22.8 Å². The summed E-state index contributed by atoms with van der Waals surface area (Å²) in [6.07, 6.45) is 5.41. The van der Waals surface area contributed by atoms with E-state index in [1.54, 1.807) is 14.2 Å². The molecule has 2 atom stereocenters. The number of hydrogen-bond acceptors (Lipinski definition) is 6. The molecule has 2 amide bonds. The zero-order valence-electron chi connectivity index (χ0n) is 17.8. The molecule has 1 fully saturated rings. The van der Waals surface area contributed by atoms with Gasteiger partial charge in [-0.15, -0.1) is 11.1 Å². The highest BCUT2D eigenvalue weighted by atomic mass is 35.5. The third-order valence-electron chi connectivity index (χ3n) is 5.27. The number of benzene rings is 1. The van der Waals surface area contributed by atoms with Crippen molar-refractivity contribution in [2.24, 2.45) is 5.92 Å². The lowest BCUT2D eigenvalue weighted by Crippen LogP contribution is -2.44. The molecule has 0 bridgehead atoms. The summed E-state index contributed by atoms with van der Waals surface area (Å²) in [5.41, 5.74) is 9.17. The van der Waals surface area contributed by atoms with Crippen LogP contribution in [0.25, 0.3) is 5.69 Å². The second kappa shape index (κ2) is 8.72. The molecule has 2 N–H and O–H groups in total. The minimum absolute atomic E-state index is 0.228. The summed E-state index contributed by atoms with van der Waals surface area (Å²) >= 11 is 6.51. The first kappa shape index (κ1) is 21.4. The van der Waals surface area contributed by atoms with Gasteiger partial charge in [0.15, 0.2) is 0 Å². The van der Waals surface area contributed by atoms with Crippen LogP contribution in [0.3, 0.4) is 0 Å². The van der Waals surface area contributed by atoms with Gasteiger partial charge in [-0.25, -0.2) is 19.5 Å². The second-order valence-corrected chi connectivity index (χ2v) is 7.86. The van der Waals surface area contributed by atoms with Crippen molar-refractivity contribution in [1.29, 1.82) is 0 Å². The molecular weight excluding hydrogens is 420 g/mol. The number of rotatable bonds is 6. The summed E-state index contributed by atoms with van der Waals surface area (Å²) in [6, 6.07) is 7.34. The van der Waals surface area contributed by atoms with Gasteiger partial charge < -0.3 is 9.47 Å². The fourth-order valence-corrected chi connectivity index (χ4v) is 3.94. The lowest BCUT2D eigenvalue weighted by molar-refractivity contribution is 0.0639. The molecule has 0 saturated carbocycles. The van der Waals surface area contributed by atoms with Crippen molar-refractivity contribution in [3.63, 3.8) is 0 Å². The van der Waals surface area contributed by atoms with Gasteiger partial charge in [0, 0.05) is 19.9 Å². The van der Waals surface area contributed by atoms with Crippen LogP contribution in [0.4, 0.5) is 4.79 Å². The Kier molecular flexibility index (Phi) is 6.01. The van der Waals surface area contributed by atoms with E-state index in [1.807, 2.05) is 61.0 Å². The van der Waals surface area contributed by atoms with E-state index in [0.29, 0.717) is 10.8 Å². The number of hydrogen-bond donors (Lipinski definition) is 2. The first-order valence-electron chi connectivity index (χ1n) is 9.85. The number of amides is 2. The number of aromatic nitrogens is 2. The summed E-state index contributed by atoms with van der Waals surface area (Å²) in [6.45, 7) is 4.21. The van der Waals surface area contributed by atoms with Crippen molar-refractivity contribution < 1.29 is 14.3 Å². The molecule has 31 heavy (non-hydrogen) atoms. The van der Waals surface area contributed by atoms with E-state index in [2.05, 4.69) is 16.2 Å². The third-order valence-corrected chi connectivity index (χ3v) is 5.57. The first-order chi connectivity index (χ1) is 14.9. The van der Waals surface area contributed by atoms with Crippen molar-refractivity contribution in [1.82, 2.24) is 30.9 Å². The molecule has 164 valence electrons. The molecule has 0 radical (unpaired) electrons. The Balaban J connectivity index is 1.52. The van der Waals surface area contributed by atoms with Gasteiger partial charge in [-0.2, -0.15) is 5.10 Å². The van der Waals surface area contributed by atoms with Crippen LogP contribution in [-0.4, -0.2) is 52.7 Å². The van der Waals surface area contributed by atoms with Gasteiger partial charge in [0.05, 0.1) is 40.7 Å². The number of nitrogens with zero attached hydrogens (tertiary/aromatic N) is 4. The van der Waals surface area contributed by atoms with E-state index in [4.69, 9.17) is 21.1 Å². The minimum Gasteiger partial charge on any atom is -0.491 e. The monoisotopic (exact) mass is 444 g/mol. The van der Waals surface area contributed by atoms with Crippen molar-refractivity contribution in [2.75, 3.05) is 20.8 Å². The number of aryl methyl sites for hydroxylation is 2. The quantitative estimate of drug-likeness (QED) is 0.712. The lowest BCUT2D eigenvalue weighted by atomic mass is 9.94. The summed E-state index contributed by atoms with van der Waals surface area (Å²) < 4.78 is 13.5. The van der Waals surface area contributed by atoms with Crippen molar-refractivity contribution in [2.45, 2.75) is 20.0 Å². The van der Waals surface area contributed by atoms with Gasteiger partial charge in [0.2, 0.25) is 0 Å². The SMILES string of the molecule is COC1C=CC=C(N2NNN(C)C2=O)C1COc1ccc(-n2nc(C)cc2C)cc1Cl. The standard InChI is InChI=1S/C21H25ClN6O3/c1-13-10-14(2)27(23-13)15-8-9-20(17(22)11-15)31-12-16-18(6-5-7-19(16)30-4)28-21(29)26(3)24-25-28/h5-11,16,19,24-25H,12H2,1-4H3. The molecule has 1 aromatic carbocycles. The minimum atomic E-state index is -0.256. The van der Waals surface area contributed by atoms with Gasteiger partial charge in [-0.1, -0.05) is 23.8 Å². The Morgan fingerprint density at radius 2 is 2.03 bits per heavy atom. The highest BCUT2D eigenvalue weighted by Crippen LogP contribution is 2.31. The lowest BCUT2D eigenvalue weighted by Gasteiger charge is -2.32. The summed E-state index contributed by atoms with van der Waals surface area (Å²) in [4.78, 5) is 12.4. The fraction of sp³-hybridized carbons (Fsp3) is 0.333. The van der Waals surface area contributed by atoms with Gasteiger partial charge in [-0.05, 0) is 44.2 Å². The van der Waals surface area contributed by atoms with Gasteiger partial charge in [-0.3, -0.25) is 0 Å². The van der Waals surface area contributed by atoms with Crippen LogP contribution in [0.15, 0.2) is 48.2 Å². The van der Waals surface area contributed by atoms with Gasteiger partial charge in [0.25, 0.3) is 0 Å². The van der Waals surface area contributed by atoms with Crippen molar-refractivity contribution in [3.8, 4) is 11.4 Å². The second-order valence-electron chi connectivity index (χ2n) is 7.45. The van der Waals surface area contributed by atoms with Gasteiger partial charge >= 0.3 is 6.03 Å². The normalized spacial score (nSPS) is 21.1. The zero-order valence-corrected chi connectivity index (χ0v) is 18.6. The van der Waals surface area contributed by atoms with Crippen LogP contribution in [0.5, 0.6) is 5.75 Å². The van der Waals surface area contributed by atoms with Crippen LogP contribution >= 0.6 is 11.6 Å². The largest absolute Gasteiger partial charge is 0.491 e. The van der Waals surface area contributed by atoms with Crippen LogP contribution in [0.1, 0.15) is 11.4 Å². The summed E-state index contributed by atoms with van der Waals surface area (Å²) in [5, 5.41) is 7.77. The molecule has 1 aliphatic carbocycles. The maximum atomic E-state index is 12.4. The average molecular weight is 445 g/mol. The molecule has 1 aromatic heterocycles. The van der Waals surface area contributed by atoms with E-state index < -0.39 is 0 Å². The number of nitrogens with one attached hydrogen (secondary N) is 2. The molecule has 0 spiro atoms.